The summed E-state index contributed by atoms with van der Waals surface area (Å²) < 4.78 is 3.12. The smallest absolute Gasteiger partial charge is 0.0669 e. The molecule has 1 heterocycles. The first-order valence-electron chi connectivity index (χ1n) is 5.81. The van der Waals surface area contributed by atoms with E-state index in [1.54, 1.807) is 0 Å². The molecule has 0 spiro atoms. The number of benzene rings is 1. The van der Waals surface area contributed by atoms with Crippen molar-refractivity contribution in [3.05, 3.63) is 50.9 Å². The summed E-state index contributed by atoms with van der Waals surface area (Å²) in [5, 5.41) is 4.36. The molecule has 0 aliphatic heterocycles. The minimum Gasteiger partial charge on any atom is -0.271 e. The molecule has 1 aromatic carbocycles. The molecule has 1 atom stereocenters. The Kier molecular flexibility index (Phi) is 4.36. The van der Waals surface area contributed by atoms with Gasteiger partial charge in [-0.05, 0) is 59.7 Å². The Labute approximate surface area is 121 Å². The first-order chi connectivity index (χ1) is 8.60. The van der Waals surface area contributed by atoms with Crippen LogP contribution in [-0.4, -0.2) is 9.78 Å². The van der Waals surface area contributed by atoms with Gasteiger partial charge in [-0.15, -0.1) is 0 Å². The molecule has 2 rings (SSSR count). The number of aryl methyl sites for hydroxylation is 2. The molecule has 5 heteroatoms. The number of halogens is 1. The van der Waals surface area contributed by atoms with E-state index in [4.69, 9.17) is 5.84 Å². The highest BCUT2D eigenvalue weighted by Crippen LogP contribution is 2.19. The second-order valence-corrected chi connectivity index (χ2v) is 5.63. The van der Waals surface area contributed by atoms with Crippen LogP contribution in [0.25, 0.3) is 0 Å². The second kappa shape index (κ2) is 5.81. The Hall–Kier alpha value is -0.920. The highest BCUT2D eigenvalue weighted by molar-refractivity contribution is 14.1. The molecular formula is C13H17IN4. The number of hydrogen-bond acceptors (Lipinski definition) is 3. The summed E-state index contributed by atoms with van der Waals surface area (Å²) in [7, 11) is 1.95. The lowest BCUT2D eigenvalue weighted by Gasteiger charge is -2.16. The van der Waals surface area contributed by atoms with Crippen LogP contribution in [0.4, 0.5) is 0 Å². The summed E-state index contributed by atoms with van der Waals surface area (Å²) in [5.74, 6) is 5.67. The van der Waals surface area contributed by atoms with Crippen molar-refractivity contribution >= 4 is 22.6 Å². The van der Waals surface area contributed by atoms with Gasteiger partial charge in [0.25, 0.3) is 0 Å². The van der Waals surface area contributed by atoms with Gasteiger partial charge in [0, 0.05) is 10.6 Å². The van der Waals surface area contributed by atoms with Crippen LogP contribution in [0.2, 0.25) is 0 Å². The fraction of sp³-hybridized carbons (Fsp3) is 0.308. The van der Waals surface area contributed by atoms with Gasteiger partial charge in [0.1, 0.15) is 0 Å². The number of nitrogens with one attached hydrogen (secondary N) is 1. The molecule has 96 valence electrons. The SMILES string of the molecule is Cc1cc(C(Cc2ccc(I)cc2)NN)n(C)n1. The summed E-state index contributed by atoms with van der Waals surface area (Å²) in [6.45, 7) is 1.99. The lowest BCUT2D eigenvalue weighted by molar-refractivity contribution is 0.508. The van der Waals surface area contributed by atoms with Crippen molar-refractivity contribution in [2.45, 2.75) is 19.4 Å². The van der Waals surface area contributed by atoms with Crippen LogP contribution < -0.4 is 11.3 Å². The average Bonchev–Trinajstić information content (AvgIpc) is 2.68. The van der Waals surface area contributed by atoms with Crippen molar-refractivity contribution in [1.29, 1.82) is 0 Å². The van der Waals surface area contributed by atoms with Crippen LogP contribution in [-0.2, 0) is 13.5 Å². The molecule has 2 aromatic rings. The van der Waals surface area contributed by atoms with E-state index in [0.29, 0.717) is 0 Å². The van der Waals surface area contributed by atoms with E-state index in [2.05, 4.69) is 63.4 Å². The lowest BCUT2D eigenvalue weighted by Crippen LogP contribution is -2.31. The Morgan fingerprint density at radius 3 is 2.56 bits per heavy atom. The summed E-state index contributed by atoms with van der Waals surface area (Å²) in [4.78, 5) is 0. The highest BCUT2D eigenvalue weighted by Gasteiger charge is 2.15. The molecule has 18 heavy (non-hydrogen) atoms. The standard InChI is InChI=1S/C13H17IN4/c1-9-7-13(18(2)17-9)12(16-15)8-10-3-5-11(14)6-4-10/h3-7,12,16H,8,15H2,1-2H3. The molecule has 0 bridgehead atoms. The predicted molar refractivity (Wildman–Crippen MR) is 80.9 cm³/mol. The van der Waals surface area contributed by atoms with Crippen LogP contribution in [0.5, 0.6) is 0 Å². The van der Waals surface area contributed by atoms with Crippen molar-refractivity contribution in [3.63, 3.8) is 0 Å². The van der Waals surface area contributed by atoms with Gasteiger partial charge in [-0.1, -0.05) is 12.1 Å². The van der Waals surface area contributed by atoms with Crippen LogP contribution in [0.1, 0.15) is 23.0 Å². The molecule has 0 fully saturated rings. The van der Waals surface area contributed by atoms with Gasteiger partial charge < -0.3 is 0 Å². The van der Waals surface area contributed by atoms with Gasteiger partial charge in [0.2, 0.25) is 0 Å². The fourth-order valence-electron chi connectivity index (χ4n) is 2.06. The minimum absolute atomic E-state index is 0.0799. The molecular weight excluding hydrogens is 339 g/mol. The third-order valence-corrected chi connectivity index (χ3v) is 3.67. The molecule has 0 saturated carbocycles. The van der Waals surface area contributed by atoms with Crippen molar-refractivity contribution < 1.29 is 0 Å². The van der Waals surface area contributed by atoms with Gasteiger partial charge >= 0.3 is 0 Å². The minimum atomic E-state index is 0.0799. The molecule has 0 amide bonds. The topological polar surface area (TPSA) is 55.9 Å². The van der Waals surface area contributed by atoms with E-state index in [1.807, 2.05) is 18.7 Å². The van der Waals surface area contributed by atoms with E-state index in [1.165, 1.54) is 9.13 Å². The predicted octanol–water partition coefficient (Wildman–Crippen LogP) is 2.08. The first-order valence-corrected chi connectivity index (χ1v) is 6.89. The molecule has 0 aliphatic rings. The molecule has 0 radical (unpaired) electrons. The van der Waals surface area contributed by atoms with Crippen LogP contribution >= 0.6 is 22.6 Å². The fourth-order valence-corrected chi connectivity index (χ4v) is 2.42. The third-order valence-electron chi connectivity index (χ3n) is 2.95. The molecule has 1 unspecified atom stereocenters. The lowest BCUT2D eigenvalue weighted by atomic mass is 10.0. The van der Waals surface area contributed by atoms with Crippen molar-refractivity contribution in [2.75, 3.05) is 0 Å². The Morgan fingerprint density at radius 1 is 1.39 bits per heavy atom. The zero-order valence-electron chi connectivity index (χ0n) is 10.5. The molecule has 0 saturated heterocycles. The summed E-state index contributed by atoms with van der Waals surface area (Å²) in [6, 6.07) is 10.6. The maximum atomic E-state index is 5.67. The van der Waals surface area contributed by atoms with Gasteiger partial charge in [0.15, 0.2) is 0 Å². The zero-order chi connectivity index (χ0) is 13.1. The van der Waals surface area contributed by atoms with E-state index in [-0.39, 0.29) is 6.04 Å². The maximum absolute atomic E-state index is 5.67. The van der Waals surface area contributed by atoms with Gasteiger partial charge in [-0.2, -0.15) is 5.10 Å². The Bertz CT molecular complexity index is 518. The Balaban J connectivity index is 2.19. The number of nitrogens with two attached hydrogens (primary N) is 1. The number of aromatic nitrogens is 2. The van der Waals surface area contributed by atoms with E-state index in [9.17, 15) is 0 Å². The normalized spacial score (nSPS) is 12.7. The largest absolute Gasteiger partial charge is 0.271 e. The monoisotopic (exact) mass is 356 g/mol. The number of hydrazine groups is 1. The number of nitrogens with zero attached hydrogens (tertiary/aromatic N) is 2. The Morgan fingerprint density at radius 2 is 2.06 bits per heavy atom. The average molecular weight is 356 g/mol. The molecule has 3 N–H and O–H groups in total. The molecule has 1 aromatic heterocycles. The summed E-state index contributed by atoms with van der Waals surface area (Å²) in [6.07, 6.45) is 0.854. The summed E-state index contributed by atoms with van der Waals surface area (Å²) >= 11 is 2.31. The van der Waals surface area contributed by atoms with Crippen LogP contribution in [0.3, 0.4) is 0 Å². The quantitative estimate of drug-likeness (QED) is 0.501. The maximum Gasteiger partial charge on any atom is 0.0669 e. The van der Waals surface area contributed by atoms with E-state index >= 15 is 0 Å². The van der Waals surface area contributed by atoms with E-state index in [0.717, 1.165) is 17.8 Å². The highest BCUT2D eigenvalue weighted by atomic mass is 127. The van der Waals surface area contributed by atoms with Crippen LogP contribution in [0.15, 0.2) is 30.3 Å². The van der Waals surface area contributed by atoms with Gasteiger partial charge in [0.05, 0.1) is 17.4 Å². The third kappa shape index (κ3) is 3.09. The van der Waals surface area contributed by atoms with Gasteiger partial charge in [-0.25, -0.2) is 0 Å². The van der Waals surface area contributed by atoms with E-state index < -0.39 is 0 Å². The number of rotatable bonds is 4. The van der Waals surface area contributed by atoms with Crippen molar-refractivity contribution in [3.8, 4) is 0 Å². The second-order valence-electron chi connectivity index (χ2n) is 4.38. The number of hydrogen-bond donors (Lipinski definition) is 2. The summed E-state index contributed by atoms with van der Waals surface area (Å²) in [5.41, 5.74) is 6.25. The zero-order valence-corrected chi connectivity index (χ0v) is 12.7. The molecule has 0 aliphatic carbocycles. The first kappa shape index (κ1) is 13.5. The van der Waals surface area contributed by atoms with Crippen molar-refractivity contribution in [1.82, 2.24) is 15.2 Å². The van der Waals surface area contributed by atoms with Gasteiger partial charge in [-0.3, -0.25) is 16.0 Å². The van der Waals surface area contributed by atoms with Crippen LogP contribution in [0, 0.1) is 10.5 Å². The molecule has 4 nitrogen and oxygen atoms in total. The van der Waals surface area contributed by atoms with Crippen molar-refractivity contribution in [2.24, 2.45) is 12.9 Å².